The van der Waals surface area contributed by atoms with Gasteiger partial charge in [0.25, 0.3) is 0 Å². The number of aromatic amines is 1. The lowest BCUT2D eigenvalue weighted by Gasteiger charge is -2.64. The Morgan fingerprint density at radius 3 is 2.78 bits per heavy atom. The quantitative estimate of drug-likeness (QED) is 0.671. The second kappa shape index (κ2) is 5.24. The summed E-state index contributed by atoms with van der Waals surface area (Å²) in [5.41, 5.74) is 2.38. The molecule has 32 heavy (non-hydrogen) atoms. The molecule has 6 heterocycles. The topological polar surface area (TPSA) is 74.4 Å². The van der Waals surface area contributed by atoms with Crippen molar-refractivity contribution < 1.29 is 14.3 Å². The van der Waals surface area contributed by atoms with Gasteiger partial charge in [0, 0.05) is 40.9 Å². The average Bonchev–Trinajstić information content (AvgIpc) is 3.32. The van der Waals surface area contributed by atoms with E-state index in [1.807, 2.05) is 11.0 Å². The van der Waals surface area contributed by atoms with Crippen molar-refractivity contribution in [3.05, 3.63) is 35.0 Å². The number of ether oxygens (including phenoxy) is 1. The van der Waals surface area contributed by atoms with Crippen LogP contribution < -0.4 is 10.1 Å². The van der Waals surface area contributed by atoms with E-state index in [9.17, 15) is 9.59 Å². The van der Waals surface area contributed by atoms with Crippen LogP contribution in [0.15, 0.2) is 18.2 Å². The molecule has 0 unspecified atom stereocenters. The molecule has 2 amide bonds. The number of hydrogen-bond donors (Lipinski definition) is 2. The lowest BCUT2D eigenvalue weighted by atomic mass is 9.51. The second-order valence-electron chi connectivity index (χ2n) is 11.6. The van der Waals surface area contributed by atoms with E-state index in [0.717, 1.165) is 47.0 Å². The number of piperazine rings is 1. The molecule has 166 valence electrons. The number of fused-ring (bicyclic) bond motifs is 6. The molecule has 8 rings (SSSR count). The van der Waals surface area contributed by atoms with Crippen LogP contribution in [-0.2, 0) is 21.4 Å². The van der Waals surface area contributed by atoms with Gasteiger partial charge in [-0.3, -0.25) is 9.59 Å². The largest absolute Gasteiger partial charge is 0.483 e. The van der Waals surface area contributed by atoms with Crippen molar-refractivity contribution in [3.8, 4) is 5.75 Å². The number of benzene rings is 1. The number of nitrogens with zero attached hydrogens (tertiary/aromatic N) is 1. The number of carbonyl (C=O) groups is 2. The summed E-state index contributed by atoms with van der Waals surface area (Å²) in [6, 6.07) is 4.16. The minimum absolute atomic E-state index is 0.0564. The van der Waals surface area contributed by atoms with Crippen molar-refractivity contribution in [2.75, 3.05) is 6.54 Å². The van der Waals surface area contributed by atoms with Gasteiger partial charge < -0.3 is 19.9 Å². The summed E-state index contributed by atoms with van der Waals surface area (Å²) in [6.07, 6.45) is 7.22. The van der Waals surface area contributed by atoms with Crippen LogP contribution in [0.2, 0.25) is 0 Å². The summed E-state index contributed by atoms with van der Waals surface area (Å²) in [7, 11) is 0. The first-order chi connectivity index (χ1) is 15.1. The van der Waals surface area contributed by atoms with Crippen molar-refractivity contribution in [2.24, 2.45) is 5.92 Å². The summed E-state index contributed by atoms with van der Waals surface area (Å²) < 4.78 is 6.21. The zero-order valence-corrected chi connectivity index (χ0v) is 19.1. The van der Waals surface area contributed by atoms with E-state index >= 15 is 0 Å². The van der Waals surface area contributed by atoms with Gasteiger partial charge in [-0.2, -0.15) is 0 Å². The molecule has 4 saturated heterocycles. The molecular formula is C26H29N3O3. The van der Waals surface area contributed by atoms with Crippen LogP contribution in [0.1, 0.15) is 63.8 Å². The number of H-pyrrole nitrogens is 1. The lowest BCUT2D eigenvalue weighted by molar-refractivity contribution is -0.179. The van der Waals surface area contributed by atoms with E-state index in [1.165, 1.54) is 5.69 Å². The molecule has 1 aromatic carbocycles. The Bertz CT molecular complexity index is 1280. The Kier molecular flexibility index (Phi) is 3.07. The van der Waals surface area contributed by atoms with Crippen LogP contribution in [0.5, 0.6) is 5.75 Å². The molecular weight excluding hydrogens is 402 g/mol. The number of nitrogens with one attached hydrogen (secondary N) is 2. The number of aromatic nitrogens is 1. The van der Waals surface area contributed by atoms with Crippen LogP contribution >= 0.6 is 0 Å². The Morgan fingerprint density at radius 1 is 1.16 bits per heavy atom. The van der Waals surface area contributed by atoms with Crippen molar-refractivity contribution in [2.45, 2.75) is 75.5 Å². The summed E-state index contributed by atoms with van der Waals surface area (Å²) in [5.74, 6) is 1.13. The highest BCUT2D eigenvalue weighted by molar-refractivity contribution is 6.06. The second-order valence-corrected chi connectivity index (χ2v) is 11.6. The monoisotopic (exact) mass is 431 g/mol. The first-order valence-corrected chi connectivity index (χ1v) is 11.8. The summed E-state index contributed by atoms with van der Waals surface area (Å²) >= 11 is 0. The van der Waals surface area contributed by atoms with E-state index in [0.29, 0.717) is 13.0 Å². The van der Waals surface area contributed by atoms with Crippen LogP contribution in [-0.4, -0.2) is 44.9 Å². The third kappa shape index (κ3) is 1.90. The maximum absolute atomic E-state index is 13.9. The summed E-state index contributed by atoms with van der Waals surface area (Å²) in [4.78, 5) is 32.9. The molecule has 6 nitrogen and oxygen atoms in total. The molecule has 2 bridgehead atoms. The fraction of sp³-hybridized carbons (Fsp3) is 0.538. The molecule has 2 spiro atoms. The van der Waals surface area contributed by atoms with Gasteiger partial charge in [-0.25, -0.2) is 0 Å². The van der Waals surface area contributed by atoms with Crippen LogP contribution in [0.4, 0.5) is 0 Å². The van der Waals surface area contributed by atoms with E-state index in [4.69, 9.17) is 4.74 Å². The predicted octanol–water partition coefficient (Wildman–Crippen LogP) is 3.44. The fourth-order valence-electron chi connectivity index (χ4n) is 7.56. The molecule has 1 aliphatic carbocycles. The van der Waals surface area contributed by atoms with Crippen LogP contribution in [0, 0.1) is 5.92 Å². The minimum atomic E-state index is -0.848. The number of carbonyl (C=O) groups excluding carboxylic acids is 2. The molecule has 0 radical (unpaired) electrons. The maximum atomic E-state index is 13.9. The molecule has 0 saturated carbocycles. The molecule has 5 aliphatic heterocycles. The zero-order valence-electron chi connectivity index (χ0n) is 19.1. The van der Waals surface area contributed by atoms with Crippen molar-refractivity contribution in [3.63, 3.8) is 0 Å². The van der Waals surface area contributed by atoms with Gasteiger partial charge in [0.05, 0.1) is 5.52 Å². The number of piperidine rings is 2. The smallest absolute Gasteiger partial charge is 0.249 e. The van der Waals surface area contributed by atoms with Crippen LogP contribution in [0.25, 0.3) is 17.0 Å². The highest BCUT2D eigenvalue weighted by Crippen LogP contribution is 2.59. The molecule has 2 aromatic rings. The third-order valence-electron chi connectivity index (χ3n) is 9.09. The molecule has 1 aromatic heterocycles. The van der Waals surface area contributed by atoms with Crippen LogP contribution in [0.3, 0.4) is 0 Å². The molecule has 6 heteroatoms. The first kappa shape index (κ1) is 18.8. The number of hydrogen-bond acceptors (Lipinski definition) is 3. The number of amides is 2. The first-order valence-electron chi connectivity index (χ1n) is 11.8. The molecule has 2 N–H and O–H groups in total. The highest BCUT2D eigenvalue weighted by Gasteiger charge is 2.72. The Morgan fingerprint density at radius 2 is 1.97 bits per heavy atom. The van der Waals surface area contributed by atoms with E-state index < -0.39 is 11.1 Å². The van der Waals surface area contributed by atoms with Gasteiger partial charge in [0.2, 0.25) is 11.8 Å². The van der Waals surface area contributed by atoms with Gasteiger partial charge in [-0.15, -0.1) is 0 Å². The van der Waals surface area contributed by atoms with Gasteiger partial charge in [0.1, 0.15) is 22.4 Å². The van der Waals surface area contributed by atoms with Crippen molar-refractivity contribution in [1.29, 1.82) is 0 Å². The van der Waals surface area contributed by atoms with E-state index in [-0.39, 0.29) is 28.7 Å². The molecule has 3 atom stereocenters. The van der Waals surface area contributed by atoms with Crippen molar-refractivity contribution >= 4 is 28.8 Å². The normalized spacial score (nSPS) is 35.1. The van der Waals surface area contributed by atoms with Gasteiger partial charge in [-0.05, 0) is 63.0 Å². The highest BCUT2D eigenvalue weighted by atomic mass is 16.5. The van der Waals surface area contributed by atoms with Gasteiger partial charge in [0.15, 0.2) is 0 Å². The zero-order chi connectivity index (χ0) is 22.3. The lowest BCUT2D eigenvalue weighted by Crippen LogP contribution is -2.84. The standard InChI is InChI=1S/C26H29N3O3/c1-23(2)10-8-15-17(32-23)7-6-14-16-12-26-18(24(3,4)20(16)27-19(14)15)13-25(21(30)28-26)9-5-11-29(25)22(26)31/h6-8,10,18,27H,5,9,11-13H2,1-4H3,(H,28,30)/t18-,25+,26+/m1/s1. The number of rotatable bonds is 0. The van der Waals surface area contributed by atoms with E-state index in [1.54, 1.807) is 0 Å². The molecule has 4 fully saturated rings. The molecule has 6 aliphatic rings. The summed E-state index contributed by atoms with van der Waals surface area (Å²) in [5, 5.41) is 4.41. The van der Waals surface area contributed by atoms with Gasteiger partial charge >= 0.3 is 0 Å². The average molecular weight is 432 g/mol. The Balaban J connectivity index is 1.46. The fourth-order valence-corrected chi connectivity index (χ4v) is 7.56. The Labute approximate surface area is 187 Å². The predicted molar refractivity (Wildman–Crippen MR) is 121 cm³/mol. The van der Waals surface area contributed by atoms with Crippen molar-refractivity contribution in [1.82, 2.24) is 15.2 Å². The summed E-state index contributed by atoms with van der Waals surface area (Å²) in [6.45, 7) is 9.29. The SMILES string of the molecule is CC1(C)C=Cc2c(ccc3c4c([nH]c23)C(C)(C)[C@H]2C[C@]35CCCN3C(=O)[C@@]2(C4)NC5=O)O1. The maximum Gasteiger partial charge on any atom is 0.249 e. The van der Waals surface area contributed by atoms with E-state index in [2.05, 4.69) is 56.2 Å². The van der Waals surface area contributed by atoms with Gasteiger partial charge in [-0.1, -0.05) is 13.8 Å². The minimum Gasteiger partial charge on any atom is -0.483 e. The third-order valence-corrected chi connectivity index (χ3v) is 9.09. The Hall–Kier alpha value is -2.76.